The summed E-state index contributed by atoms with van der Waals surface area (Å²) < 4.78 is 0. The fourth-order valence-electron chi connectivity index (χ4n) is 5.52. The van der Waals surface area contributed by atoms with Crippen molar-refractivity contribution >= 4 is 22.7 Å². The summed E-state index contributed by atoms with van der Waals surface area (Å²) in [5.41, 5.74) is 4.52. The zero-order chi connectivity index (χ0) is 18.5. The molecule has 27 heavy (non-hydrogen) atoms. The first-order valence-corrected chi connectivity index (χ1v) is 10.3. The van der Waals surface area contributed by atoms with Crippen LogP contribution in [0.5, 0.6) is 0 Å². The molecule has 1 aliphatic heterocycles. The van der Waals surface area contributed by atoms with Crippen molar-refractivity contribution in [1.82, 2.24) is 15.2 Å². The van der Waals surface area contributed by atoms with Crippen LogP contribution in [0.2, 0.25) is 0 Å². The Morgan fingerprint density at radius 3 is 2.85 bits per heavy atom. The van der Waals surface area contributed by atoms with Crippen LogP contribution in [0.1, 0.15) is 53.7 Å². The highest BCUT2D eigenvalue weighted by atomic mass is 16.2. The summed E-state index contributed by atoms with van der Waals surface area (Å²) in [4.78, 5) is 30.5. The van der Waals surface area contributed by atoms with Crippen molar-refractivity contribution in [1.29, 1.82) is 0 Å². The minimum absolute atomic E-state index is 0.0992. The highest BCUT2D eigenvalue weighted by Gasteiger charge is 2.41. The lowest BCUT2D eigenvalue weighted by Gasteiger charge is -2.25. The summed E-state index contributed by atoms with van der Waals surface area (Å²) in [5, 5.41) is 4.20. The van der Waals surface area contributed by atoms with Crippen LogP contribution in [-0.4, -0.2) is 41.3 Å². The number of hydrogen-bond donors (Lipinski definition) is 2. The molecular weight excluding hydrogens is 338 g/mol. The monoisotopic (exact) mass is 365 g/mol. The average molecular weight is 365 g/mol. The molecule has 2 amide bonds. The van der Waals surface area contributed by atoms with Crippen LogP contribution in [-0.2, 0) is 17.6 Å². The largest absolute Gasteiger partial charge is 0.358 e. The number of para-hydroxylation sites is 1. The molecule has 0 bridgehead atoms. The van der Waals surface area contributed by atoms with E-state index < -0.39 is 0 Å². The van der Waals surface area contributed by atoms with Crippen LogP contribution in [0.25, 0.3) is 10.9 Å². The van der Waals surface area contributed by atoms with Crippen molar-refractivity contribution in [3.8, 4) is 0 Å². The first-order chi connectivity index (χ1) is 13.1. The van der Waals surface area contributed by atoms with Crippen molar-refractivity contribution in [2.45, 2.75) is 51.0 Å². The van der Waals surface area contributed by atoms with Gasteiger partial charge in [-0.3, -0.25) is 9.59 Å². The standard InChI is InChI=1S/C22H27N3O2/c1-25(15-9-13-11-20(26)23-12-14(13)10-15)22(27)18-7-4-6-17-16-5-2-3-8-19(16)24-21(17)18/h4,6-7,13-15,24H,2-3,5,8-12H2,1H3,(H,23,26)/t13-,14+,15-/m1/s1. The molecule has 3 aliphatic rings. The predicted molar refractivity (Wildman–Crippen MR) is 105 cm³/mol. The van der Waals surface area contributed by atoms with Gasteiger partial charge in [-0.15, -0.1) is 0 Å². The van der Waals surface area contributed by atoms with Gasteiger partial charge in [0.15, 0.2) is 0 Å². The van der Waals surface area contributed by atoms with E-state index in [1.165, 1.54) is 29.5 Å². The first kappa shape index (κ1) is 16.8. The van der Waals surface area contributed by atoms with Gasteiger partial charge in [0.05, 0.1) is 11.1 Å². The summed E-state index contributed by atoms with van der Waals surface area (Å²) in [5.74, 6) is 1.19. The van der Waals surface area contributed by atoms with Gasteiger partial charge in [0.2, 0.25) is 5.91 Å². The summed E-state index contributed by atoms with van der Waals surface area (Å²) in [6.45, 7) is 0.765. The van der Waals surface area contributed by atoms with E-state index in [9.17, 15) is 9.59 Å². The number of nitrogens with zero attached hydrogens (tertiary/aromatic N) is 1. The highest BCUT2D eigenvalue weighted by Crippen LogP contribution is 2.39. The van der Waals surface area contributed by atoms with Gasteiger partial charge in [0.1, 0.15) is 0 Å². The lowest BCUT2D eigenvalue weighted by Crippen LogP contribution is -2.38. The lowest BCUT2D eigenvalue weighted by atomic mass is 9.89. The maximum absolute atomic E-state index is 13.4. The van der Waals surface area contributed by atoms with Gasteiger partial charge in [-0.1, -0.05) is 12.1 Å². The summed E-state index contributed by atoms with van der Waals surface area (Å²) in [6.07, 6.45) is 7.19. The van der Waals surface area contributed by atoms with Gasteiger partial charge in [-0.05, 0) is 62.0 Å². The quantitative estimate of drug-likeness (QED) is 0.859. The summed E-state index contributed by atoms with van der Waals surface area (Å²) >= 11 is 0. The Morgan fingerprint density at radius 1 is 1.15 bits per heavy atom. The normalized spacial score (nSPS) is 27.1. The summed E-state index contributed by atoms with van der Waals surface area (Å²) in [7, 11) is 1.93. The molecule has 3 atom stereocenters. The minimum Gasteiger partial charge on any atom is -0.358 e. The third-order valence-corrected chi connectivity index (χ3v) is 7.06. The Bertz CT molecular complexity index is 916. The number of carbonyl (C=O) groups is 2. The molecule has 2 aliphatic carbocycles. The Labute approximate surface area is 159 Å². The maximum atomic E-state index is 13.4. The van der Waals surface area contributed by atoms with Crippen LogP contribution < -0.4 is 5.32 Å². The second-order valence-electron chi connectivity index (χ2n) is 8.59. The zero-order valence-electron chi connectivity index (χ0n) is 15.9. The van der Waals surface area contributed by atoms with Crippen molar-refractivity contribution in [3.05, 3.63) is 35.0 Å². The zero-order valence-corrected chi connectivity index (χ0v) is 15.9. The predicted octanol–water partition coefficient (Wildman–Crippen LogP) is 3.03. The van der Waals surface area contributed by atoms with E-state index in [1.807, 2.05) is 24.1 Å². The SMILES string of the molecule is CN(C(=O)c1cccc2c3c([nH]c12)CCCC3)[C@H]1C[C@H]2CNC(=O)C[C@H]2C1. The second-order valence-corrected chi connectivity index (χ2v) is 8.59. The van der Waals surface area contributed by atoms with Gasteiger partial charge in [-0.25, -0.2) is 0 Å². The molecule has 2 fully saturated rings. The minimum atomic E-state index is 0.0992. The van der Waals surface area contributed by atoms with Crippen molar-refractivity contribution in [2.75, 3.05) is 13.6 Å². The third-order valence-electron chi connectivity index (χ3n) is 7.06. The van der Waals surface area contributed by atoms with Crippen LogP contribution in [0.3, 0.4) is 0 Å². The Kier molecular flexibility index (Phi) is 3.99. The number of amides is 2. The number of aromatic nitrogens is 1. The van der Waals surface area contributed by atoms with E-state index in [1.54, 1.807) is 0 Å². The molecule has 5 heteroatoms. The molecule has 142 valence electrons. The number of carbonyl (C=O) groups excluding carboxylic acids is 2. The fourth-order valence-corrected chi connectivity index (χ4v) is 5.52. The van der Waals surface area contributed by atoms with E-state index in [0.29, 0.717) is 18.3 Å². The molecule has 1 aromatic heterocycles. The molecule has 1 saturated carbocycles. The Hall–Kier alpha value is -2.30. The number of rotatable bonds is 2. The molecule has 2 heterocycles. The van der Waals surface area contributed by atoms with E-state index in [2.05, 4.69) is 16.4 Å². The van der Waals surface area contributed by atoms with Crippen LogP contribution >= 0.6 is 0 Å². The summed E-state index contributed by atoms with van der Waals surface area (Å²) in [6, 6.07) is 6.34. The van der Waals surface area contributed by atoms with Crippen LogP contribution in [0, 0.1) is 11.8 Å². The number of piperidine rings is 1. The smallest absolute Gasteiger partial charge is 0.255 e. The number of benzene rings is 1. The van der Waals surface area contributed by atoms with Crippen molar-refractivity contribution < 1.29 is 9.59 Å². The number of nitrogens with one attached hydrogen (secondary N) is 2. The van der Waals surface area contributed by atoms with E-state index >= 15 is 0 Å². The molecule has 1 aromatic carbocycles. The number of fused-ring (bicyclic) bond motifs is 4. The molecule has 0 unspecified atom stereocenters. The number of aromatic amines is 1. The Balaban J connectivity index is 1.42. The van der Waals surface area contributed by atoms with Crippen molar-refractivity contribution in [2.24, 2.45) is 11.8 Å². The second kappa shape index (κ2) is 6.39. The molecule has 0 spiro atoms. The van der Waals surface area contributed by atoms with Gasteiger partial charge < -0.3 is 15.2 Å². The van der Waals surface area contributed by atoms with Gasteiger partial charge in [0, 0.05) is 37.1 Å². The third kappa shape index (κ3) is 2.75. The van der Waals surface area contributed by atoms with Gasteiger partial charge in [0.25, 0.3) is 5.91 Å². The van der Waals surface area contributed by atoms with E-state index in [-0.39, 0.29) is 17.9 Å². The molecule has 0 radical (unpaired) electrons. The lowest BCUT2D eigenvalue weighted by molar-refractivity contribution is -0.124. The van der Waals surface area contributed by atoms with Gasteiger partial charge >= 0.3 is 0 Å². The average Bonchev–Trinajstić information content (AvgIpc) is 3.27. The first-order valence-electron chi connectivity index (χ1n) is 10.3. The molecule has 5 nitrogen and oxygen atoms in total. The molecule has 2 aromatic rings. The molecule has 5 rings (SSSR count). The fraction of sp³-hybridized carbons (Fsp3) is 0.545. The van der Waals surface area contributed by atoms with Crippen LogP contribution in [0.4, 0.5) is 0 Å². The molecule has 2 N–H and O–H groups in total. The highest BCUT2D eigenvalue weighted by molar-refractivity contribution is 6.06. The van der Waals surface area contributed by atoms with Crippen LogP contribution in [0.15, 0.2) is 18.2 Å². The van der Waals surface area contributed by atoms with E-state index in [0.717, 1.165) is 43.3 Å². The van der Waals surface area contributed by atoms with Gasteiger partial charge in [-0.2, -0.15) is 0 Å². The van der Waals surface area contributed by atoms with E-state index in [4.69, 9.17) is 0 Å². The molecular formula is C22H27N3O2. The topological polar surface area (TPSA) is 65.2 Å². The number of hydrogen-bond acceptors (Lipinski definition) is 2. The number of H-pyrrole nitrogens is 1. The molecule has 1 saturated heterocycles. The Morgan fingerprint density at radius 2 is 1.96 bits per heavy atom. The maximum Gasteiger partial charge on any atom is 0.255 e. The van der Waals surface area contributed by atoms with Crippen molar-refractivity contribution in [3.63, 3.8) is 0 Å². The number of aryl methyl sites for hydroxylation is 2.